The summed E-state index contributed by atoms with van der Waals surface area (Å²) >= 11 is 1.69. The van der Waals surface area contributed by atoms with Gasteiger partial charge < -0.3 is 15.4 Å². The molecule has 1 fully saturated rings. The van der Waals surface area contributed by atoms with Crippen LogP contribution in [0.4, 0.5) is 0 Å². The van der Waals surface area contributed by atoms with Gasteiger partial charge in [0.25, 0.3) is 0 Å². The first kappa shape index (κ1) is 17.6. The van der Waals surface area contributed by atoms with Gasteiger partial charge in [0, 0.05) is 38.5 Å². The number of halogens is 1. The lowest BCUT2D eigenvalue weighted by Crippen LogP contribution is -2.41. The minimum absolute atomic E-state index is 0. The fraction of sp³-hybridized carbons (Fsp3) is 0.692. The van der Waals surface area contributed by atoms with Gasteiger partial charge in [-0.25, -0.2) is 4.98 Å². The zero-order valence-corrected chi connectivity index (χ0v) is 15.2. The normalized spacial score (nSPS) is 18.7. The first-order valence-corrected chi connectivity index (χ1v) is 7.63. The Bertz CT molecular complexity index is 418. The minimum Gasteiger partial charge on any atom is -0.376 e. The van der Waals surface area contributed by atoms with E-state index in [0.717, 1.165) is 49.2 Å². The maximum atomic E-state index is 5.57. The summed E-state index contributed by atoms with van der Waals surface area (Å²) in [6, 6.07) is 0. The Balaban J connectivity index is 0.00000200. The second-order valence-electron chi connectivity index (χ2n) is 4.62. The van der Waals surface area contributed by atoms with Gasteiger partial charge in [-0.2, -0.15) is 0 Å². The zero-order valence-electron chi connectivity index (χ0n) is 12.0. The van der Waals surface area contributed by atoms with Gasteiger partial charge >= 0.3 is 0 Å². The molecule has 0 radical (unpaired) electrons. The largest absolute Gasteiger partial charge is 0.376 e. The topological polar surface area (TPSA) is 58.5 Å². The number of ether oxygens (including phenoxy) is 1. The molecule has 1 aromatic rings. The van der Waals surface area contributed by atoms with Crippen molar-refractivity contribution in [2.45, 2.75) is 32.3 Å². The summed E-state index contributed by atoms with van der Waals surface area (Å²) in [4.78, 5) is 8.65. The summed E-state index contributed by atoms with van der Waals surface area (Å²) in [5.74, 6) is 0.836. The fourth-order valence-corrected chi connectivity index (χ4v) is 2.72. The Hall–Kier alpha value is -0.410. The van der Waals surface area contributed by atoms with E-state index in [2.05, 4.69) is 26.0 Å². The Morgan fingerprint density at radius 1 is 1.55 bits per heavy atom. The van der Waals surface area contributed by atoms with Gasteiger partial charge in [0.2, 0.25) is 0 Å². The molecule has 1 unspecified atom stereocenters. The lowest BCUT2D eigenvalue weighted by atomic mass is 10.2. The number of guanidine groups is 1. The Kier molecular flexibility index (Phi) is 8.39. The molecule has 7 heteroatoms. The third kappa shape index (κ3) is 5.92. The highest BCUT2D eigenvalue weighted by molar-refractivity contribution is 14.0. The number of thiazole rings is 1. The van der Waals surface area contributed by atoms with Crippen molar-refractivity contribution in [2.75, 3.05) is 26.7 Å². The molecule has 0 aliphatic carbocycles. The van der Waals surface area contributed by atoms with E-state index in [9.17, 15) is 0 Å². The summed E-state index contributed by atoms with van der Waals surface area (Å²) < 4.78 is 5.57. The van der Waals surface area contributed by atoms with Gasteiger partial charge in [-0.3, -0.25) is 4.99 Å². The van der Waals surface area contributed by atoms with E-state index in [1.165, 1.54) is 6.42 Å². The van der Waals surface area contributed by atoms with Crippen LogP contribution in [0.1, 0.15) is 23.5 Å². The molecule has 0 saturated carbocycles. The van der Waals surface area contributed by atoms with Crippen LogP contribution in [0, 0.1) is 6.92 Å². The molecule has 114 valence electrons. The van der Waals surface area contributed by atoms with Crippen molar-refractivity contribution >= 4 is 41.3 Å². The molecule has 1 atom stereocenters. The van der Waals surface area contributed by atoms with Crippen molar-refractivity contribution in [2.24, 2.45) is 4.99 Å². The van der Waals surface area contributed by atoms with Gasteiger partial charge in [0.1, 0.15) is 0 Å². The average Bonchev–Trinajstić information content (AvgIpc) is 3.05. The van der Waals surface area contributed by atoms with E-state index in [4.69, 9.17) is 4.74 Å². The summed E-state index contributed by atoms with van der Waals surface area (Å²) in [5, 5.41) is 9.83. The fourth-order valence-electron chi connectivity index (χ4n) is 2.07. The van der Waals surface area contributed by atoms with Gasteiger partial charge in [-0.05, 0) is 19.8 Å². The molecule has 5 nitrogen and oxygen atoms in total. The van der Waals surface area contributed by atoms with Crippen molar-refractivity contribution in [1.29, 1.82) is 0 Å². The SMILES string of the molecule is CN=C(NCCc1csc(C)n1)NCC1CCCO1.I. The zero-order chi connectivity index (χ0) is 13.5. The number of nitrogens with zero attached hydrogens (tertiary/aromatic N) is 2. The van der Waals surface area contributed by atoms with Crippen molar-refractivity contribution in [3.63, 3.8) is 0 Å². The maximum Gasteiger partial charge on any atom is 0.191 e. The predicted octanol–water partition coefficient (Wildman–Crippen LogP) is 1.96. The van der Waals surface area contributed by atoms with Crippen molar-refractivity contribution in [3.05, 3.63) is 16.1 Å². The molecule has 0 amide bonds. The Morgan fingerprint density at radius 2 is 2.40 bits per heavy atom. The molecular formula is C13H23IN4OS. The Morgan fingerprint density at radius 3 is 3.00 bits per heavy atom. The third-order valence-electron chi connectivity index (χ3n) is 3.08. The molecule has 0 bridgehead atoms. The molecule has 2 rings (SSSR count). The highest BCUT2D eigenvalue weighted by atomic mass is 127. The lowest BCUT2D eigenvalue weighted by molar-refractivity contribution is 0.114. The second-order valence-corrected chi connectivity index (χ2v) is 5.69. The summed E-state index contributed by atoms with van der Waals surface area (Å²) in [6.07, 6.45) is 3.56. The summed E-state index contributed by atoms with van der Waals surface area (Å²) in [5.41, 5.74) is 1.14. The van der Waals surface area contributed by atoms with E-state index in [-0.39, 0.29) is 24.0 Å². The van der Waals surface area contributed by atoms with Gasteiger partial charge in [0.15, 0.2) is 5.96 Å². The van der Waals surface area contributed by atoms with Crippen molar-refractivity contribution < 1.29 is 4.74 Å². The van der Waals surface area contributed by atoms with Crippen LogP contribution < -0.4 is 10.6 Å². The van der Waals surface area contributed by atoms with Crippen LogP contribution in [0.15, 0.2) is 10.4 Å². The molecule has 2 N–H and O–H groups in total. The highest BCUT2D eigenvalue weighted by Gasteiger charge is 2.15. The minimum atomic E-state index is 0. The first-order chi connectivity index (χ1) is 9.28. The van der Waals surface area contributed by atoms with Crippen molar-refractivity contribution in [1.82, 2.24) is 15.6 Å². The number of aryl methyl sites for hydroxylation is 1. The van der Waals surface area contributed by atoms with E-state index >= 15 is 0 Å². The van der Waals surface area contributed by atoms with E-state index < -0.39 is 0 Å². The molecule has 1 aromatic heterocycles. The lowest BCUT2D eigenvalue weighted by Gasteiger charge is -2.14. The quantitative estimate of drug-likeness (QED) is 0.443. The smallest absolute Gasteiger partial charge is 0.191 e. The average molecular weight is 410 g/mol. The van der Waals surface area contributed by atoms with Crippen LogP contribution in [0.2, 0.25) is 0 Å². The van der Waals surface area contributed by atoms with Crippen LogP contribution in [0.3, 0.4) is 0 Å². The van der Waals surface area contributed by atoms with Crippen LogP contribution in [0.5, 0.6) is 0 Å². The van der Waals surface area contributed by atoms with Crippen LogP contribution in [-0.2, 0) is 11.2 Å². The Labute approximate surface area is 141 Å². The molecule has 1 aliphatic rings. The second kappa shape index (κ2) is 9.51. The molecule has 0 spiro atoms. The number of nitrogens with one attached hydrogen (secondary N) is 2. The predicted molar refractivity (Wildman–Crippen MR) is 94.3 cm³/mol. The highest BCUT2D eigenvalue weighted by Crippen LogP contribution is 2.10. The summed E-state index contributed by atoms with van der Waals surface area (Å²) in [6.45, 7) is 4.59. The van der Waals surface area contributed by atoms with Crippen molar-refractivity contribution in [3.8, 4) is 0 Å². The summed E-state index contributed by atoms with van der Waals surface area (Å²) in [7, 11) is 1.79. The number of aliphatic imine (C=N–C) groups is 1. The number of aromatic nitrogens is 1. The van der Waals surface area contributed by atoms with Crippen LogP contribution in [-0.4, -0.2) is 43.8 Å². The monoisotopic (exact) mass is 410 g/mol. The maximum absolute atomic E-state index is 5.57. The van der Waals surface area contributed by atoms with Gasteiger partial charge in [-0.15, -0.1) is 35.3 Å². The van der Waals surface area contributed by atoms with Crippen LogP contribution in [0.25, 0.3) is 0 Å². The van der Waals surface area contributed by atoms with E-state index in [1.807, 2.05) is 6.92 Å². The van der Waals surface area contributed by atoms with E-state index in [0.29, 0.717) is 6.10 Å². The van der Waals surface area contributed by atoms with Crippen LogP contribution >= 0.6 is 35.3 Å². The molecule has 0 aromatic carbocycles. The molecule has 20 heavy (non-hydrogen) atoms. The van der Waals surface area contributed by atoms with E-state index in [1.54, 1.807) is 18.4 Å². The molecule has 2 heterocycles. The third-order valence-corrected chi connectivity index (χ3v) is 3.91. The molecular weight excluding hydrogens is 387 g/mol. The molecule has 1 aliphatic heterocycles. The molecule has 1 saturated heterocycles. The first-order valence-electron chi connectivity index (χ1n) is 6.75. The number of hydrogen-bond donors (Lipinski definition) is 2. The number of rotatable bonds is 5. The van der Waals surface area contributed by atoms with Gasteiger partial charge in [-0.1, -0.05) is 0 Å². The standard InChI is InChI=1S/C13H22N4OS.HI/c1-10-17-11(9-19-10)5-6-15-13(14-2)16-8-12-4-3-7-18-12;/h9,12H,3-8H2,1-2H3,(H2,14,15,16);1H. The number of hydrogen-bond acceptors (Lipinski definition) is 4. The van der Waals surface area contributed by atoms with Gasteiger partial charge in [0.05, 0.1) is 16.8 Å².